The summed E-state index contributed by atoms with van der Waals surface area (Å²) in [6.07, 6.45) is 6.07. The van der Waals surface area contributed by atoms with Crippen molar-refractivity contribution >= 4 is 22.6 Å². The van der Waals surface area contributed by atoms with Crippen LogP contribution in [0.25, 0.3) is 11.0 Å². The minimum absolute atomic E-state index is 0.119. The van der Waals surface area contributed by atoms with Gasteiger partial charge in [-0.05, 0) is 68.4 Å². The van der Waals surface area contributed by atoms with Crippen LogP contribution in [0.3, 0.4) is 0 Å². The van der Waals surface area contributed by atoms with E-state index in [0.29, 0.717) is 36.4 Å². The van der Waals surface area contributed by atoms with Crippen molar-refractivity contribution in [1.82, 2.24) is 14.5 Å². The SMILES string of the molecule is CCC(C(=O)N1CCOc2ccc(C)cc21)n1cnc2nc3c(cc2c1=O)CCCC3. The summed E-state index contributed by atoms with van der Waals surface area (Å²) in [6.45, 7) is 4.79. The van der Waals surface area contributed by atoms with Crippen molar-refractivity contribution in [2.24, 2.45) is 0 Å². The molecule has 1 amide bonds. The average Bonchev–Trinajstić information content (AvgIpc) is 2.79. The topological polar surface area (TPSA) is 77.3 Å². The van der Waals surface area contributed by atoms with Gasteiger partial charge in [-0.3, -0.25) is 14.2 Å². The Bertz CT molecular complexity index is 1230. The van der Waals surface area contributed by atoms with E-state index < -0.39 is 6.04 Å². The molecule has 1 unspecified atom stereocenters. The Hall–Kier alpha value is -3.22. The zero-order valence-electron chi connectivity index (χ0n) is 17.9. The Morgan fingerprint density at radius 3 is 2.90 bits per heavy atom. The summed E-state index contributed by atoms with van der Waals surface area (Å²) >= 11 is 0. The summed E-state index contributed by atoms with van der Waals surface area (Å²) in [5.41, 5.74) is 4.25. The lowest BCUT2D eigenvalue weighted by Crippen LogP contribution is -2.44. The van der Waals surface area contributed by atoms with Crippen LogP contribution < -0.4 is 15.2 Å². The second kappa shape index (κ2) is 7.80. The fourth-order valence-electron chi connectivity index (χ4n) is 4.64. The number of nitrogens with zero attached hydrogens (tertiary/aromatic N) is 4. The number of ether oxygens (including phenoxy) is 1. The number of aryl methyl sites for hydroxylation is 3. The fourth-order valence-corrected chi connectivity index (χ4v) is 4.64. The highest BCUT2D eigenvalue weighted by atomic mass is 16.5. The third kappa shape index (κ3) is 3.38. The maximum absolute atomic E-state index is 13.6. The zero-order valence-corrected chi connectivity index (χ0v) is 17.9. The quantitative estimate of drug-likeness (QED) is 0.652. The van der Waals surface area contributed by atoms with E-state index in [9.17, 15) is 9.59 Å². The molecule has 3 aromatic rings. The van der Waals surface area contributed by atoms with Gasteiger partial charge in [0, 0.05) is 5.69 Å². The van der Waals surface area contributed by atoms with Crippen molar-refractivity contribution in [3.8, 4) is 5.75 Å². The molecule has 7 heteroatoms. The number of hydrogen-bond donors (Lipinski definition) is 0. The van der Waals surface area contributed by atoms with Gasteiger partial charge in [0.2, 0.25) is 5.91 Å². The third-order valence-corrected chi connectivity index (χ3v) is 6.30. The molecule has 0 N–H and O–H groups in total. The van der Waals surface area contributed by atoms with Gasteiger partial charge in [-0.2, -0.15) is 0 Å². The van der Waals surface area contributed by atoms with Gasteiger partial charge in [-0.25, -0.2) is 9.97 Å². The van der Waals surface area contributed by atoms with E-state index in [2.05, 4.69) is 9.97 Å². The van der Waals surface area contributed by atoms with Crippen molar-refractivity contribution in [2.45, 2.75) is 52.0 Å². The van der Waals surface area contributed by atoms with Crippen molar-refractivity contribution in [3.05, 3.63) is 57.8 Å². The van der Waals surface area contributed by atoms with Crippen LogP contribution in [-0.2, 0) is 17.6 Å². The molecule has 3 heterocycles. The second-order valence-electron chi connectivity index (χ2n) is 8.36. The van der Waals surface area contributed by atoms with Crippen LogP contribution in [0.15, 0.2) is 35.4 Å². The number of amides is 1. The van der Waals surface area contributed by atoms with Crippen LogP contribution in [0.5, 0.6) is 5.75 Å². The van der Waals surface area contributed by atoms with E-state index in [1.165, 1.54) is 10.9 Å². The Balaban J connectivity index is 1.56. The molecule has 0 bridgehead atoms. The normalized spacial score (nSPS) is 16.4. The van der Waals surface area contributed by atoms with Crippen LogP contribution in [0.2, 0.25) is 0 Å². The fraction of sp³-hybridized carbons (Fsp3) is 0.417. The Kier molecular flexibility index (Phi) is 4.96. The van der Waals surface area contributed by atoms with Crippen molar-refractivity contribution in [3.63, 3.8) is 0 Å². The predicted octanol–water partition coefficient (Wildman–Crippen LogP) is 3.36. The molecule has 1 aromatic carbocycles. The third-order valence-electron chi connectivity index (χ3n) is 6.30. The van der Waals surface area contributed by atoms with E-state index in [1.807, 2.05) is 38.1 Å². The van der Waals surface area contributed by atoms with Gasteiger partial charge in [-0.1, -0.05) is 13.0 Å². The van der Waals surface area contributed by atoms with E-state index in [-0.39, 0.29) is 11.5 Å². The van der Waals surface area contributed by atoms with Gasteiger partial charge in [0.1, 0.15) is 24.7 Å². The van der Waals surface area contributed by atoms with Crippen LogP contribution in [0, 0.1) is 6.92 Å². The number of carbonyl (C=O) groups excluding carboxylic acids is 1. The molecule has 0 spiro atoms. The molecular formula is C24H26N4O3. The summed E-state index contributed by atoms with van der Waals surface area (Å²) in [7, 11) is 0. The van der Waals surface area contributed by atoms with Crippen LogP contribution >= 0.6 is 0 Å². The monoisotopic (exact) mass is 418 g/mol. The number of fused-ring (bicyclic) bond motifs is 3. The molecule has 2 aliphatic rings. The van der Waals surface area contributed by atoms with E-state index in [0.717, 1.165) is 48.2 Å². The number of pyridine rings is 1. The highest BCUT2D eigenvalue weighted by Gasteiger charge is 2.31. The molecular weight excluding hydrogens is 392 g/mol. The van der Waals surface area contributed by atoms with Crippen LogP contribution in [0.4, 0.5) is 5.69 Å². The number of benzene rings is 1. The standard InChI is InChI=1S/C24H26N4O3/c1-3-19(24(30)27-10-11-31-21-9-8-15(2)12-20(21)27)28-14-25-22-17(23(28)29)13-16-6-4-5-7-18(16)26-22/h8-9,12-14,19H,3-7,10-11H2,1-2H3. The molecule has 0 saturated carbocycles. The summed E-state index contributed by atoms with van der Waals surface area (Å²) in [5.74, 6) is 0.576. The lowest BCUT2D eigenvalue weighted by Gasteiger charge is -2.32. The Morgan fingerprint density at radius 2 is 2.06 bits per heavy atom. The number of rotatable bonds is 3. The largest absolute Gasteiger partial charge is 0.490 e. The number of aromatic nitrogens is 3. The summed E-state index contributed by atoms with van der Waals surface area (Å²) in [5, 5.41) is 0.493. The van der Waals surface area contributed by atoms with E-state index in [4.69, 9.17) is 4.74 Å². The average molecular weight is 418 g/mol. The summed E-state index contributed by atoms with van der Waals surface area (Å²) < 4.78 is 7.21. The minimum atomic E-state index is -0.633. The van der Waals surface area contributed by atoms with Gasteiger partial charge >= 0.3 is 0 Å². The second-order valence-corrected chi connectivity index (χ2v) is 8.36. The first-order chi connectivity index (χ1) is 15.1. The smallest absolute Gasteiger partial charge is 0.263 e. The Morgan fingerprint density at radius 1 is 1.23 bits per heavy atom. The summed E-state index contributed by atoms with van der Waals surface area (Å²) in [4.78, 5) is 37.8. The van der Waals surface area contributed by atoms with Crippen molar-refractivity contribution in [1.29, 1.82) is 0 Å². The van der Waals surface area contributed by atoms with Crippen molar-refractivity contribution < 1.29 is 9.53 Å². The first-order valence-electron chi connectivity index (χ1n) is 11.0. The molecule has 160 valence electrons. The molecule has 31 heavy (non-hydrogen) atoms. The molecule has 7 nitrogen and oxygen atoms in total. The molecule has 1 aliphatic carbocycles. The lowest BCUT2D eigenvalue weighted by atomic mass is 9.95. The minimum Gasteiger partial charge on any atom is -0.490 e. The van der Waals surface area contributed by atoms with Gasteiger partial charge in [0.15, 0.2) is 5.65 Å². The molecule has 0 radical (unpaired) electrons. The lowest BCUT2D eigenvalue weighted by molar-refractivity contribution is -0.122. The van der Waals surface area contributed by atoms with Gasteiger partial charge in [-0.15, -0.1) is 0 Å². The molecule has 2 aromatic heterocycles. The predicted molar refractivity (Wildman–Crippen MR) is 119 cm³/mol. The van der Waals surface area contributed by atoms with E-state index in [1.54, 1.807) is 4.90 Å². The molecule has 5 rings (SSSR count). The first kappa shape index (κ1) is 19.7. The van der Waals surface area contributed by atoms with Crippen LogP contribution in [-0.4, -0.2) is 33.6 Å². The molecule has 1 aliphatic heterocycles. The molecule has 0 saturated heterocycles. The molecule has 1 atom stereocenters. The highest BCUT2D eigenvalue weighted by Crippen LogP contribution is 2.34. The van der Waals surface area contributed by atoms with Gasteiger partial charge < -0.3 is 9.64 Å². The van der Waals surface area contributed by atoms with Crippen LogP contribution in [0.1, 0.15) is 49.0 Å². The van der Waals surface area contributed by atoms with Gasteiger partial charge in [0.05, 0.1) is 17.6 Å². The van der Waals surface area contributed by atoms with Crippen molar-refractivity contribution in [2.75, 3.05) is 18.1 Å². The maximum atomic E-state index is 13.6. The van der Waals surface area contributed by atoms with E-state index >= 15 is 0 Å². The summed E-state index contributed by atoms with van der Waals surface area (Å²) in [6, 6.07) is 7.12. The number of carbonyl (C=O) groups is 1. The Labute approximate surface area is 180 Å². The number of hydrogen-bond acceptors (Lipinski definition) is 5. The van der Waals surface area contributed by atoms with Gasteiger partial charge in [0.25, 0.3) is 5.56 Å². The maximum Gasteiger partial charge on any atom is 0.263 e. The first-order valence-corrected chi connectivity index (χ1v) is 11.0. The molecule has 0 fully saturated rings. The highest BCUT2D eigenvalue weighted by molar-refractivity contribution is 5.98. The zero-order chi connectivity index (χ0) is 21.5. The number of anilines is 1.